The summed E-state index contributed by atoms with van der Waals surface area (Å²) >= 11 is 0. The predicted octanol–water partition coefficient (Wildman–Crippen LogP) is 9.13. The van der Waals surface area contributed by atoms with Crippen LogP contribution in [0.25, 0.3) is 11.1 Å². The van der Waals surface area contributed by atoms with Crippen LogP contribution in [0.1, 0.15) is 95.9 Å². The van der Waals surface area contributed by atoms with Gasteiger partial charge < -0.3 is 11.1 Å². The third kappa shape index (κ3) is 7.76. The minimum atomic E-state index is -0.586. The first-order valence-corrected chi connectivity index (χ1v) is 15.1. The molecule has 0 saturated heterocycles. The van der Waals surface area contributed by atoms with Crippen LogP contribution in [0.3, 0.4) is 0 Å². The van der Waals surface area contributed by atoms with E-state index >= 15 is 0 Å². The van der Waals surface area contributed by atoms with Crippen LogP contribution in [0, 0.1) is 18.6 Å². The first kappa shape index (κ1) is 32.5. The molecule has 1 amide bonds. The number of hydrogen-bond donors (Lipinski definition) is 2. The highest BCUT2D eigenvalue weighted by Gasteiger charge is 2.28. The summed E-state index contributed by atoms with van der Waals surface area (Å²) in [6.45, 7) is 9.44. The number of aromatic nitrogens is 1. The van der Waals surface area contributed by atoms with Gasteiger partial charge in [0.1, 0.15) is 17.5 Å². The molecule has 0 atom stereocenters. The van der Waals surface area contributed by atoms with Gasteiger partial charge in [-0.25, -0.2) is 18.2 Å². The molecule has 3 N–H and O–H groups in total. The standard InChI is InChI=1S/C31H27F2N3O.C4H7F.C2H6/c1-17-28(27(18-2-3-18)15-30(34)36-17)16-35-31(37)22-7-5-20-10-23-12-21(6-4-19(23)11-24(20)13-22)26-9-8-25(32)14-29(26)33;1-3-4(2)5;1-2/h4-9,12-15,18H,2-3,10-11,16H2,1H3,(H2,34,36)(H,35,37);3H,1-2H3;1-2H3/b;4-3+;. The lowest BCUT2D eigenvalue weighted by atomic mass is 9.83. The molecule has 1 fully saturated rings. The number of halogens is 3. The third-order valence-corrected chi connectivity index (χ3v) is 7.90. The molecule has 1 heterocycles. The zero-order valence-electron chi connectivity index (χ0n) is 26.0. The molecule has 1 saturated carbocycles. The summed E-state index contributed by atoms with van der Waals surface area (Å²) < 4.78 is 38.9. The second kappa shape index (κ2) is 14.4. The van der Waals surface area contributed by atoms with Gasteiger partial charge in [-0.05, 0) is 122 Å². The zero-order chi connectivity index (χ0) is 32.0. The van der Waals surface area contributed by atoms with E-state index in [0.717, 1.165) is 58.0 Å². The van der Waals surface area contributed by atoms with Crippen LogP contribution in [-0.2, 0) is 19.4 Å². The molecule has 2 aliphatic rings. The van der Waals surface area contributed by atoms with Crippen LogP contribution >= 0.6 is 0 Å². The van der Waals surface area contributed by atoms with E-state index in [1.54, 1.807) is 6.92 Å². The quantitative estimate of drug-likeness (QED) is 0.212. The number of nitrogens with one attached hydrogen (secondary N) is 1. The molecule has 44 heavy (non-hydrogen) atoms. The summed E-state index contributed by atoms with van der Waals surface area (Å²) in [6, 6.07) is 17.3. The first-order chi connectivity index (χ1) is 21.1. The van der Waals surface area contributed by atoms with Gasteiger partial charge in [-0.3, -0.25) is 4.79 Å². The molecule has 0 radical (unpaired) electrons. The summed E-state index contributed by atoms with van der Waals surface area (Å²) in [6.07, 6.45) is 5.11. The number of fused-ring (bicyclic) bond motifs is 2. The molecular formula is C37H40F3N3O. The van der Waals surface area contributed by atoms with Crippen molar-refractivity contribution in [2.75, 3.05) is 5.73 Å². The van der Waals surface area contributed by atoms with Crippen molar-refractivity contribution < 1.29 is 18.0 Å². The van der Waals surface area contributed by atoms with Gasteiger partial charge in [0, 0.05) is 29.4 Å². The van der Waals surface area contributed by atoms with Crippen molar-refractivity contribution in [1.82, 2.24) is 10.3 Å². The van der Waals surface area contributed by atoms with E-state index in [2.05, 4.69) is 10.3 Å². The van der Waals surface area contributed by atoms with Crippen LogP contribution < -0.4 is 11.1 Å². The SMILES string of the molecule is C/C=C(\C)F.CC.Cc1nc(N)cc(C2CC2)c1CNC(=O)c1ccc2c(c1)Cc1ccc(-c3ccc(F)cc3F)cc1C2. The Morgan fingerprint density at radius 2 is 1.59 bits per heavy atom. The highest BCUT2D eigenvalue weighted by molar-refractivity contribution is 5.94. The number of allylic oxidation sites excluding steroid dienone is 2. The van der Waals surface area contributed by atoms with Crippen molar-refractivity contribution in [3.05, 3.63) is 129 Å². The molecule has 4 nitrogen and oxygen atoms in total. The fraction of sp³-hybridized carbons (Fsp3) is 0.297. The van der Waals surface area contributed by atoms with Gasteiger partial charge in [-0.2, -0.15) is 0 Å². The molecule has 3 aromatic carbocycles. The van der Waals surface area contributed by atoms with Crippen LogP contribution in [0.4, 0.5) is 19.0 Å². The molecule has 4 aromatic rings. The molecule has 0 bridgehead atoms. The lowest BCUT2D eigenvalue weighted by Crippen LogP contribution is -2.24. The number of nitrogen functional groups attached to an aromatic ring is 1. The summed E-state index contributed by atoms with van der Waals surface area (Å²) in [4.78, 5) is 17.5. The minimum absolute atomic E-state index is 0.117. The molecule has 2 aliphatic carbocycles. The molecule has 0 spiro atoms. The van der Waals surface area contributed by atoms with Crippen LogP contribution in [0.2, 0.25) is 0 Å². The number of benzene rings is 3. The van der Waals surface area contributed by atoms with E-state index in [9.17, 15) is 18.0 Å². The average molecular weight is 600 g/mol. The number of carbonyl (C=O) groups excluding carboxylic acids is 1. The fourth-order valence-corrected chi connectivity index (χ4v) is 5.38. The number of nitrogens with two attached hydrogens (primary N) is 1. The number of aryl methyl sites for hydroxylation is 1. The Kier molecular flexibility index (Phi) is 10.6. The van der Waals surface area contributed by atoms with Gasteiger partial charge in [0.15, 0.2) is 0 Å². The first-order valence-electron chi connectivity index (χ1n) is 15.1. The maximum Gasteiger partial charge on any atom is 0.251 e. The third-order valence-electron chi connectivity index (χ3n) is 7.90. The lowest BCUT2D eigenvalue weighted by Gasteiger charge is -2.21. The van der Waals surface area contributed by atoms with Gasteiger partial charge in [0.05, 0.1) is 5.83 Å². The smallest absolute Gasteiger partial charge is 0.251 e. The van der Waals surface area contributed by atoms with E-state index in [4.69, 9.17) is 5.73 Å². The van der Waals surface area contributed by atoms with Gasteiger partial charge in [-0.15, -0.1) is 0 Å². The topological polar surface area (TPSA) is 68.0 Å². The van der Waals surface area contributed by atoms with Crippen molar-refractivity contribution in [3.8, 4) is 11.1 Å². The van der Waals surface area contributed by atoms with Crippen LogP contribution in [-0.4, -0.2) is 10.9 Å². The van der Waals surface area contributed by atoms with Gasteiger partial charge in [0.2, 0.25) is 0 Å². The van der Waals surface area contributed by atoms with Crippen molar-refractivity contribution in [1.29, 1.82) is 0 Å². The van der Waals surface area contributed by atoms with Crippen molar-refractivity contribution in [2.24, 2.45) is 0 Å². The Labute approximate surface area is 258 Å². The second-order valence-corrected chi connectivity index (χ2v) is 11.0. The second-order valence-electron chi connectivity index (χ2n) is 11.0. The summed E-state index contributed by atoms with van der Waals surface area (Å²) in [5, 5.41) is 3.08. The molecule has 7 heteroatoms. The molecule has 6 rings (SSSR count). The van der Waals surface area contributed by atoms with E-state index in [1.807, 2.05) is 63.2 Å². The Morgan fingerprint density at radius 3 is 2.20 bits per heavy atom. The monoisotopic (exact) mass is 599 g/mol. The Morgan fingerprint density at radius 1 is 0.955 bits per heavy atom. The van der Waals surface area contributed by atoms with E-state index in [0.29, 0.717) is 42.2 Å². The number of carbonyl (C=O) groups is 1. The average Bonchev–Trinajstić information content (AvgIpc) is 3.86. The molecule has 0 unspecified atom stereocenters. The number of rotatable bonds is 5. The number of pyridine rings is 1. The number of nitrogens with zero attached hydrogens (tertiary/aromatic N) is 1. The fourth-order valence-electron chi connectivity index (χ4n) is 5.38. The van der Waals surface area contributed by atoms with E-state index < -0.39 is 11.6 Å². The Balaban J connectivity index is 0.000000576. The van der Waals surface area contributed by atoms with Gasteiger partial charge in [0.25, 0.3) is 5.91 Å². The summed E-state index contributed by atoms with van der Waals surface area (Å²) in [7, 11) is 0. The minimum Gasteiger partial charge on any atom is -0.384 e. The lowest BCUT2D eigenvalue weighted by molar-refractivity contribution is 0.0950. The summed E-state index contributed by atoms with van der Waals surface area (Å²) in [5.74, 6) is -0.351. The Hall–Kier alpha value is -4.39. The maximum absolute atomic E-state index is 14.3. The number of amides is 1. The van der Waals surface area contributed by atoms with Crippen LogP contribution in [0.5, 0.6) is 0 Å². The zero-order valence-corrected chi connectivity index (χ0v) is 26.0. The number of anilines is 1. The molecular weight excluding hydrogens is 559 g/mol. The highest BCUT2D eigenvalue weighted by Crippen LogP contribution is 2.42. The van der Waals surface area contributed by atoms with E-state index in [1.165, 1.54) is 30.7 Å². The molecule has 230 valence electrons. The predicted molar refractivity (Wildman–Crippen MR) is 172 cm³/mol. The normalized spacial score (nSPS) is 13.4. The highest BCUT2D eigenvalue weighted by atomic mass is 19.1. The largest absolute Gasteiger partial charge is 0.384 e. The van der Waals surface area contributed by atoms with Crippen molar-refractivity contribution in [3.63, 3.8) is 0 Å². The Bertz CT molecular complexity index is 1690. The van der Waals surface area contributed by atoms with E-state index in [-0.39, 0.29) is 11.7 Å². The summed E-state index contributed by atoms with van der Waals surface area (Å²) in [5.41, 5.74) is 15.4. The van der Waals surface area contributed by atoms with Gasteiger partial charge in [-0.1, -0.05) is 44.2 Å². The van der Waals surface area contributed by atoms with Crippen molar-refractivity contribution in [2.45, 2.75) is 72.8 Å². The molecule has 1 aromatic heterocycles. The number of hydrogen-bond acceptors (Lipinski definition) is 3. The maximum atomic E-state index is 14.3. The van der Waals surface area contributed by atoms with Gasteiger partial charge >= 0.3 is 0 Å². The van der Waals surface area contributed by atoms with Crippen LogP contribution in [0.15, 0.2) is 72.6 Å². The van der Waals surface area contributed by atoms with Crippen molar-refractivity contribution >= 4 is 11.7 Å². The molecule has 0 aliphatic heterocycles.